The molecule has 1 unspecified atom stereocenters. The van der Waals surface area contributed by atoms with Gasteiger partial charge in [-0.15, -0.1) is 0 Å². The molecule has 0 saturated heterocycles. The van der Waals surface area contributed by atoms with E-state index >= 15 is 0 Å². The standard InChI is InChI=1S/C19H13BrO6/c1-10(21)24-17-9-15-11(7-14(17)20)5-6-19(25-15)18(22)13-4-3-12(23-2)8-16(13)26-19/h3-9H,1-2H3. The molecule has 1 atom stereocenters. The quantitative estimate of drug-likeness (QED) is 0.548. The van der Waals surface area contributed by atoms with Gasteiger partial charge in [-0.1, -0.05) is 0 Å². The Morgan fingerprint density at radius 3 is 2.65 bits per heavy atom. The zero-order valence-electron chi connectivity index (χ0n) is 13.9. The number of benzene rings is 2. The fourth-order valence-corrected chi connectivity index (χ4v) is 3.32. The van der Waals surface area contributed by atoms with Gasteiger partial charge in [0.15, 0.2) is 0 Å². The van der Waals surface area contributed by atoms with Gasteiger partial charge >= 0.3 is 11.8 Å². The van der Waals surface area contributed by atoms with Crippen LogP contribution in [0.25, 0.3) is 6.08 Å². The van der Waals surface area contributed by atoms with E-state index in [2.05, 4.69) is 15.9 Å². The van der Waals surface area contributed by atoms with E-state index in [0.717, 1.165) is 5.56 Å². The molecule has 26 heavy (non-hydrogen) atoms. The van der Waals surface area contributed by atoms with Crippen LogP contribution in [0.1, 0.15) is 22.8 Å². The third-order valence-corrected chi connectivity index (χ3v) is 4.69. The van der Waals surface area contributed by atoms with Crippen molar-refractivity contribution in [2.24, 2.45) is 0 Å². The zero-order chi connectivity index (χ0) is 18.5. The van der Waals surface area contributed by atoms with Gasteiger partial charge in [-0.05, 0) is 40.2 Å². The van der Waals surface area contributed by atoms with Crippen LogP contribution in [0, 0.1) is 0 Å². The molecule has 2 heterocycles. The first-order valence-corrected chi connectivity index (χ1v) is 8.53. The van der Waals surface area contributed by atoms with Gasteiger partial charge in [-0.3, -0.25) is 9.59 Å². The highest BCUT2D eigenvalue weighted by Crippen LogP contribution is 2.44. The molecular formula is C19H13BrO6. The molecule has 0 amide bonds. The van der Waals surface area contributed by atoms with Crippen molar-refractivity contribution in [1.82, 2.24) is 0 Å². The fourth-order valence-electron chi connectivity index (χ4n) is 2.87. The fraction of sp³-hybridized carbons (Fsp3) is 0.158. The first-order chi connectivity index (χ1) is 12.4. The van der Waals surface area contributed by atoms with Crippen LogP contribution in [0.2, 0.25) is 0 Å². The number of halogens is 1. The van der Waals surface area contributed by atoms with Crippen LogP contribution in [-0.2, 0) is 4.79 Å². The molecule has 2 aliphatic heterocycles. The van der Waals surface area contributed by atoms with Crippen LogP contribution in [-0.4, -0.2) is 24.6 Å². The summed E-state index contributed by atoms with van der Waals surface area (Å²) in [6.45, 7) is 1.31. The van der Waals surface area contributed by atoms with Crippen molar-refractivity contribution in [3.8, 4) is 23.0 Å². The minimum atomic E-state index is -1.58. The van der Waals surface area contributed by atoms with E-state index in [1.807, 2.05) is 0 Å². The highest BCUT2D eigenvalue weighted by Gasteiger charge is 2.50. The molecule has 0 bridgehead atoms. The van der Waals surface area contributed by atoms with Crippen molar-refractivity contribution in [2.75, 3.05) is 7.11 Å². The van der Waals surface area contributed by atoms with Gasteiger partial charge in [0.1, 0.15) is 23.0 Å². The molecule has 7 heteroatoms. The number of carbonyl (C=O) groups excluding carboxylic acids is 2. The molecule has 6 nitrogen and oxygen atoms in total. The van der Waals surface area contributed by atoms with E-state index in [4.69, 9.17) is 18.9 Å². The number of methoxy groups -OCH3 is 1. The van der Waals surface area contributed by atoms with Gasteiger partial charge in [0.05, 0.1) is 17.1 Å². The maximum absolute atomic E-state index is 12.9. The monoisotopic (exact) mass is 416 g/mol. The van der Waals surface area contributed by atoms with Crippen LogP contribution < -0.4 is 18.9 Å². The molecule has 0 aromatic heterocycles. The van der Waals surface area contributed by atoms with Gasteiger partial charge < -0.3 is 18.9 Å². The van der Waals surface area contributed by atoms with E-state index in [9.17, 15) is 9.59 Å². The molecular weight excluding hydrogens is 404 g/mol. The van der Waals surface area contributed by atoms with Crippen molar-refractivity contribution in [2.45, 2.75) is 12.7 Å². The Morgan fingerprint density at radius 1 is 1.15 bits per heavy atom. The molecule has 4 rings (SSSR count). The van der Waals surface area contributed by atoms with E-state index in [1.54, 1.807) is 42.5 Å². The van der Waals surface area contributed by atoms with Crippen molar-refractivity contribution in [3.63, 3.8) is 0 Å². The van der Waals surface area contributed by atoms with Gasteiger partial charge in [0.2, 0.25) is 0 Å². The Hall–Kier alpha value is -2.80. The van der Waals surface area contributed by atoms with E-state index in [0.29, 0.717) is 33.0 Å². The number of hydrogen-bond acceptors (Lipinski definition) is 6. The van der Waals surface area contributed by atoms with Crippen LogP contribution in [0.15, 0.2) is 40.9 Å². The Morgan fingerprint density at radius 2 is 1.92 bits per heavy atom. The van der Waals surface area contributed by atoms with Gasteiger partial charge in [-0.2, -0.15) is 0 Å². The highest BCUT2D eigenvalue weighted by molar-refractivity contribution is 9.10. The summed E-state index contributed by atoms with van der Waals surface area (Å²) >= 11 is 3.35. The molecule has 0 aliphatic carbocycles. The second-order valence-corrected chi connectivity index (χ2v) is 6.66. The number of carbonyl (C=O) groups is 2. The van der Waals surface area contributed by atoms with E-state index in [-0.39, 0.29) is 5.78 Å². The largest absolute Gasteiger partial charge is 0.497 e. The normalized spacial score (nSPS) is 19.4. The number of esters is 1. The molecule has 2 aromatic rings. The first-order valence-electron chi connectivity index (χ1n) is 7.74. The summed E-state index contributed by atoms with van der Waals surface area (Å²) in [7, 11) is 1.54. The summed E-state index contributed by atoms with van der Waals surface area (Å²) in [6, 6.07) is 8.26. The average molecular weight is 417 g/mol. The van der Waals surface area contributed by atoms with Gasteiger partial charge in [-0.25, -0.2) is 0 Å². The second-order valence-electron chi connectivity index (χ2n) is 5.81. The minimum Gasteiger partial charge on any atom is -0.497 e. The van der Waals surface area contributed by atoms with Crippen molar-refractivity contribution in [1.29, 1.82) is 0 Å². The zero-order valence-corrected chi connectivity index (χ0v) is 15.5. The first kappa shape index (κ1) is 16.7. The third kappa shape index (κ3) is 2.55. The summed E-state index contributed by atoms with van der Waals surface area (Å²) in [5.74, 6) is -0.710. The number of hydrogen-bond donors (Lipinski definition) is 0. The van der Waals surface area contributed by atoms with Crippen LogP contribution >= 0.6 is 15.9 Å². The predicted molar refractivity (Wildman–Crippen MR) is 95.8 cm³/mol. The molecule has 2 aromatic carbocycles. The summed E-state index contributed by atoms with van der Waals surface area (Å²) in [4.78, 5) is 24.1. The van der Waals surface area contributed by atoms with Gasteiger partial charge in [0, 0.05) is 30.7 Å². The summed E-state index contributed by atoms with van der Waals surface area (Å²) < 4.78 is 22.7. The van der Waals surface area contributed by atoms with Crippen molar-refractivity contribution >= 4 is 33.8 Å². The average Bonchev–Trinajstić information content (AvgIpc) is 2.87. The molecule has 132 valence electrons. The lowest BCUT2D eigenvalue weighted by Gasteiger charge is -2.29. The third-order valence-electron chi connectivity index (χ3n) is 4.07. The lowest BCUT2D eigenvalue weighted by atomic mass is 10.0. The number of fused-ring (bicyclic) bond motifs is 2. The Kier molecular flexibility index (Phi) is 3.77. The number of rotatable bonds is 2. The maximum Gasteiger partial charge on any atom is 0.337 e. The summed E-state index contributed by atoms with van der Waals surface area (Å²) in [5.41, 5.74) is 1.14. The number of Topliss-reactive ketones (excluding diaryl/α,β-unsaturated/α-hetero) is 1. The van der Waals surface area contributed by atoms with Gasteiger partial charge in [0.25, 0.3) is 5.78 Å². The van der Waals surface area contributed by atoms with Crippen molar-refractivity contribution < 1.29 is 28.5 Å². The molecule has 0 saturated carbocycles. The molecule has 0 N–H and O–H groups in total. The SMILES string of the molecule is COc1ccc2c(c1)OC1(C=Cc3cc(Br)c(OC(C)=O)cc3O1)C2=O. The maximum atomic E-state index is 12.9. The van der Waals surface area contributed by atoms with Crippen LogP contribution in [0.4, 0.5) is 0 Å². The Labute approximate surface area is 157 Å². The van der Waals surface area contributed by atoms with E-state index in [1.165, 1.54) is 14.0 Å². The molecule has 0 radical (unpaired) electrons. The van der Waals surface area contributed by atoms with Crippen LogP contribution in [0.3, 0.4) is 0 Å². The Bertz CT molecular complexity index is 980. The highest BCUT2D eigenvalue weighted by atomic mass is 79.9. The van der Waals surface area contributed by atoms with Crippen LogP contribution in [0.5, 0.6) is 23.0 Å². The number of ketones is 1. The van der Waals surface area contributed by atoms with E-state index < -0.39 is 11.8 Å². The topological polar surface area (TPSA) is 71.1 Å². The Balaban J connectivity index is 1.73. The molecule has 0 fully saturated rings. The summed E-state index contributed by atoms with van der Waals surface area (Å²) in [5, 5.41) is 0. The lowest BCUT2D eigenvalue weighted by molar-refractivity contribution is -0.131. The second kappa shape index (κ2) is 5.88. The molecule has 2 aliphatic rings. The molecule has 1 spiro atoms. The summed E-state index contributed by atoms with van der Waals surface area (Å²) in [6.07, 6.45) is 3.31. The minimum absolute atomic E-state index is 0.298. The number of ether oxygens (including phenoxy) is 4. The lowest BCUT2D eigenvalue weighted by Crippen LogP contribution is -2.45. The predicted octanol–water partition coefficient (Wildman–Crippen LogP) is 3.76. The van der Waals surface area contributed by atoms with Crippen molar-refractivity contribution in [3.05, 3.63) is 52.0 Å². The smallest absolute Gasteiger partial charge is 0.337 e.